The Morgan fingerprint density at radius 1 is 1.26 bits per heavy atom. The van der Waals surface area contributed by atoms with Gasteiger partial charge in [-0.1, -0.05) is 37.3 Å². The fraction of sp³-hybridized carbons (Fsp3) is 0.389. The normalized spacial score (nSPS) is 20.6. The molecule has 0 radical (unpaired) electrons. The quantitative estimate of drug-likeness (QED) is 0.646. The molecule has 0 N–H and O–H groups in total. The Hall–Kier alpha value is -2.43. The Morgan fingerprint density at radius 2 is 1.96 bits per heavy atom. The topological polar surface area (TPSA) is 61.2 Å². The molecule has 1 aliphatic carbocycles. The molecule has 0 fully saturated rings. The van der Waals surface area contributed by atoms with E-state index in [0.29, 0.717) is 29.2 Å². The molecule has 0 aliphatic heterocycles. The summed E-state index contributed by atoms with van der Waals surface area (Å²) in [6.07, 6.45) is 6.25. The van der Waals surface area contributed by atoms with Crippen LogP contribution in [0.3, 0.4) is 0 Å². The van der Waals surface area contributed by atoms with Gasteiger partial charge in [0, 0.05) is 12.4 Å². The van der Waals surface area contributed by atoms with Gasteiger partial charge in [0.05, 0.1) is 12.0 Å². The van der Waals surface area contributed by atoms with Crippen molar-refractivity contribution in [3.63, 3.8) is 0 Å². The van der Waals surface area contributed by atoms with Gasteiger partial charge in [-0.2, -0.15) is 5.10 Å². The van der Waals surface area contributed by atoms with Crippen LogP contribution >= 0.6 is 0 Å². The summed E-state index contributed by atoms with van der Waals surface area (Å²) in [4.78, 5) is 24.5. The Bertz CT molecular complexity index is 823. The number of carbonyl (C=O) groups is 1. The Labute approximate surface area is 134 Å². The highest BCUT2D eigenvalue weighted by molar-refractivity contribution is 6.02. The minimum absolute atomic E-state index is 0.196. The lowest BCUT2D eigenvalue weighted by Crippen LogP contribution is -2.26. The molecule has 0 unspecified atom stereocenters. The van der Waals surface area contributed by atoms with Crippen LogP contribution in [0.1, 0.15) is 30.3 Å². The van der Waals surface area contributed by atoms with Gasteiger partial charge in [-0.3, -0.25) is 4.79 Å². The molecule has 3 rings (SSSR count). The summed E-state index contributed by atoms with van der Waals surface area (Å²) in [7, 11) is 1.54. The molecule has 2 aromatic rings. The van der Waals surface area contributed by atoms with Crippen molar-refractivity contribution in [3.8, 4) is 0 Å². The number of ether oxygens (including phenoxy) is 1. The summed E-state index contributed by atoms with van der Waals surface area (Å²) in [5.41, 5.74) is -0.0232. The van der Waals surface area contributed by atoms with E-state index < -0.39 is 5.97 Å². The van der Waals surface area contributed by atoms with Gasteiger partial charge in [0.15, 0.2) is 5.69 Å². The maximum Gasteiger partial charge on any atom is 0.359 e. The third-order valence-electron chi connectivity index (χ3n) is 4.50. The first kappa shape index (κ1) is 15.5. The third kappa shape index (κ3) is 3.04. The van der Waals surface area contributed by atoms with Gasteiger partial charge in [0.2, 0.25) is 0 Å². The number of fused-ring (bicyclic) bond motifs is 1. The first-order chi connectivity index (χ1) is 11.1. The highest BCUT2D eigenvalue weighted by atomic mass is 16.5. The molecule has 23 heavy (non-hydrogen) atoms. The largest absolute Gasteiger partial charge is 0.461 e. The van der Waals surface area contributed by atoms with Crippen LogP contribution in [0.2, 0.25) is 0 Å². The van der Waals surface area contributed by atoms with E-state index in [1.807, 2.05) is 0 Å². The van der Waals surface area contributed by atoms with Crippen LogP contribution in [-0.4, -0.2) is 22.4 Å². The number of esters is 1. The molecule has 5 heteroatoms. The Kier molecular flexibility index (Phi) is 4.28. The highest BCUT2D eigenvalue weighted by Gasteiger charge is 2.22. The molecular weight excluding hydrogens is 292 g/mol. The molecule has 5 nitrogen and oxygen atoms in total. The van der Waals surface area contributed by atoms with E-state index in [1.54, 1.807) is 31.3 Å². The fourth-order valence-corrected chi connectivity index (χ4v) is 2.94. The van der Waals surface area contributed by atoms with Crippen molar-refractivity contribution in [1.29, 1.82) is 0 Å². The van der Waals surface area contributed by atoms with E-state index in [9.17, 15) is 9.59 Å². The summed E-state index contributed by atoms with van der Waals surface area (Å²) in [6, 6.07) is 6.99. The maximum atomic E-state index is 12.5. The van der Waals surface area contributed by atoms with Gasteiger partial charge in [-0.05, 0) is 30.7 Å². The van der Waals surface area contributed by atoms with Crippen molar-refractivity contribution in [1.82, 2.24) is 9.78 Å². The lowest BCUT2D eigenvalue weighted by Gasteiger charge is -2.24. The van der Waals surface area contributed by atoms with E-state index in [0.717, 1.165) is 12.8 Å². The molecule has 0 bridgehead atoms. The highest BCUT2D eigenvalue weighted by Crippen LogP contribution is 2.25. The summed E-state index contributed by atoms with van der Waals surface area (Å²) >= 11 is 0. The average Bonchev–Trinajstić information content (AvgIpc) is 2.57. The lowest BCUT2D eigenvalue weighted by molar-refractivity contribution is 0.0388. The summed E-state index contributed by atoms with van der Waals surface area (Å²) in [5.74, 6) is 0.360. The minimum atomic E-state index is -0.474. The SMILES string of the molecule is C[C@@H]1CC=CC[C@H]1COC(=O)c1nn(C)c(=O)c2ccccc12. The van der Waals surface area contributed by atoms with Crippen LogP contribution in [-0.2, 0) is 11.8 Å². The van der Waals surface area contributed by atoms with E-state index >= 15 is 0 Å². The standard InChI is InChI=1S/C18H20N2O3/c1-12-7-3-4-8-13(12)11-23-18(22)16-14-9-5-6-10-15(14)17(21)20(2)19-16/h3-6,9-10,12-13H,7-8,11H2,1-2H3/t12-,13+/m1/s1. The molecule has 1 aliphatic rings. The van der Waals surface area contributed by atoms with Crippen molar-refractivity contribution >= 4 is 16.7 Å². The van der Waals surface area contributed by atoms with Crippen molar-refractivity contribution in [2.45, 2.75) is 19.8 Å². The monoisotopic (exact) mass is 312 g/mol. The average molecular weight is 312 g/mol. The van der Waals surface area contributed by atoms with Gasteiger partial charge in [0.25, 0.3) is 5.56 Å². The first-order valence-corrected chi connectivity index (χ1v) is 7.86. The second kappa shape index (κ2) is 6.36. The summed E-state index contributed by atoms with van der Waals surface area (Å²) < 4.78 is 6.68. The van der Waals surface area contributed by atoms with Crippen molar-refractivity contribution in [3.05, 3.63) is 52.5 Å². The number of rotatable bonds is 3. The number of hydrogen-bond acceptors (Lipinski definition) is 4. The zero-order valence-corrected chi connectivity index (χ0v) is 13.4. The molecule has 120 valence electrons. The van der Waals surface area contributed by atoms with Crippen LogP contribution in [0.5, 0.6) is 0 Å². The summed E-state index contributed by atoms with van der Waals surface area (Å²) in [6.45, 7) is 2.55. The molecule has 1 aromatic carbocycles. The Balaban J connectivity index is 1.85. The fourth-order valence-electron chi connectivity index (χ4n) is 2.94. The predicted molar refractivity (Wildman–Crippen MR) is 88.3 cm³/mol. The molecule has 0 saturated heterocycles. The first-order valence-electron chi connectivity index (χ1n) is 7.86. The second-order valence-electron chi connectivity index (χ2n) is 6.10. The van der Waals surface area contributed by atoms with E-state index in [4.69, 9.17) is 4.74 Å². The van der Waals surface area contributed by atoms with Crippen molar-refractivity contribution in [2.75, 3.05) is 6.61 Å². The second-order valence-corrected chi connectivity index (χ2v) is 6.10. The molecule has 1 aromatic heterocycles. The van der Waals surface area contributed by atoms with Crippen LogP contribution in [0.15, 0.2) is 41.2 Å². The Morgan fingerprint density at radius 3 is 2.70 bits per heavy atom. The third-order valence-corrected chi connectivity index (χ3v) is 4.50. The number of hydrogen-bond donors (Lipinski definition) is 0. The minimum Gasteiger partial charge on any atom is -0.461 e. The number of aryl methyl sites for hydroxylation is 1. The molecule has 0 saturated carbocycles. The zero-order chi connectivity index (χ0) is 16.4. The van der Waals surface area contributed by atoms with Gasteiger partial charge in [-0.15, -0.1) is 0 Å². The van der Waals surface area contributed by atoms with E-state index in [2.05, 4.69) is 24.2 Å². The number of carbonyl (C=O) groups excluding carboxylic acids is 1. The number of benzene rings is 1. The summed E-state index contributed by atoms with van der Waals surface area (Å²) in [5, 5.41) is 5.12. The van der Waals surface area contributed by atoms with Crippen LogP contribution in [0.25, 0.3) is 10.8 Å². The zero-order valence-electron chi connectivity index (χ0n) is 13.4. The maximum absolute atomic E-state index is 12.5. The van der Waals surface area contributed by atoms with Gasteiger partial charge >= 0.3 is 5.97 Å². The molecule has 0 spiro atoms. The molecular formula is C18H20N2O3. The smallest absolute Gasteiger partial charge is 0.359 e. The van der Waals surface area contributed by atoms with E-state index in [-0.39, 0.29) is 11.3 Å². The van der Waals surface area contributed by atoms with Gasteiger partial charge < -0.3 is 4.74 Å². The molecule has 0 amide bonds. The van der Waals surface area contributed by atoms with Crippen LogP contribution in [0, 0.1) is 11.8 Å². The van der Waals surface area contributed by atoms with E-state index in [1.165, 1.54) is 4.68 Å². The van der Waals surface area contributed by atoms with Crippen LogP contribution < -0.4 is 5.56 Å². The van der Waals surface area contributed by atoms with Crippen LogP contribution in [0.4, 0.5) is 0 Å². The molecule has 2 atom stereocenters. The predicted octanol–water partition coefficient (Wildman–Crippen LogP) is 2.69. The molecule has 1 heterocycles. The number of aromatic nitrogens is 2. The van der Waals surface area contributed by atoms with Crippen molar-refractivity contribution in [2.24, 2.45) is 18.9 Å². The number of nitrogens with zero attached hydrogens (tertiary/aromatic N) is 2. The van der Waals surface area contributed by atoms with Crippen molar-refractivity contribution < 1.29 is 9.53 Å². The number of allylic oxidation sites excluding steroid dienone is 2. The van der Waals surface area contributed by atoms with Gasteiger partial charge in [-0.25, -0.2) is 9.48 Å². The lowest BCUT2D eigenvalue weighted by atomic mass is 9.85. The van der Waals surface area contributed by atoms with Gasteiger partial charge in [0.1, 0.15) is 0 Å².